The van der Waals surface area contributed by atoms with E-state index < -0.39 is 12.1 Å². The van der Waals surface area contributed by atoms with Crippen LogP contribution in [0.15, 0.2) is 36.7 Å². The molecule has 1 fully saturated rings. The number of hydrogen-bond donors (Lipinski definition) is 2. The first kappa shape index (κ1) is 15.0. The number of cyclic esters (lactones) is 1. The van der Waals surface area contributed by atoms with E-state index in [-0.39, 0.29) is 11.9 Å². The number of H-pyrrole nitrogens is 1. The minimum absolute atomic E-state index is 0.249. The average Bonchev–Trinajstić information content (AvgIpc) is 3.07. The number of hydrogen-bond acceptors (Lipinski definition) is 5. The summed E-state index contributed by atoms with van der Waals surface area (Å²) in [6.07, 6.45) is 1.93. The Kier molecular flexibility index (Phi) is 4.51. The molecule has 2 heterocycles. The quantitative estimate of drug-likeness (QED) is 0.863. The summed E-state index contributed by atoms with van der Waals surface area (Å²) in [4.78, 5) is 30.0. The van der Waals surface area contributed by atoms with Crippen molar-refractivity contribution in [2.24, 2.45) is 0 Å². The fourth-order valence-corrected chi connectivity index (χ4v) is 2.50. The molecule has 1 aliphatic heterocycles. The zero-order valence-corrected chi connectivity index (χ0v) is 12.4. The molecule has 1 aromatic heterocycles. The van der Waals surface area contributed by atoms with Gasteiger partial charge in [0.15, 0.2) is 0 Å². The molecule has 8 nitrogen and oxygen atoms in total. The van der Waals surface area contributed by atoms with Crippen molar-refractivity contribution in [2.45, 2.75) is 18.9 Å². The molecule has 8 heteroatoms. The van der Waals surface area contributed by atoms with Crippen LogP contribution in [0, 0.1) is 0 Å². The highest BCUT2D eigenvalue weighted by Crippen LogP contribution is 2.16. The SMILES string of the molecule is O=C(Nc1ncn[nH]1)C(Cc1ccccc1)N1CCCOC1=O. The van der Waals surface area contributed by atoms with E-state index in [1.807, 2.05) is 30.3 Å². The molecule has 1 unspecified atom stereocenters. The van der Waals surface area contributed by atoms with E-state index in [9.17, 15) is 9.59 Å². The Morgan fingerprint density at radius 2 is 2.22 bits per heavy atom. The van der Waals surface area contributed by atoms with E-state index in [0.717, 1.165) is 5.56 Å². The van der Waals surface area contributed by atoms with Gasteiger partial charge < -0.3 is 4.74 Å². The van der Waals surface area contributed by atoms with Gasteiger partial charge in [-0.1, -0.05) is 30.3 Å². The number of anilines is 1. The highest BCUT2D eigenvalue weighted by molar-refractivity contribution is 5.95. The molecule has 0 bridgehead atoms. The van der Waals surface area contributed by atoms with Crippen LogP contribution in [0.3, 0.4) is 0 Å². The lowest BCUT2D eigenvalue weighted by Crippen LogP contribution is -2.51. The lowest BCUT2D eigenvalue weighted by Gasteiger charge is -2.32. The molecule has 0 radical (unpaired) electrons. The Labute approximate surface area is 132 Å². The molecule has 1 aromatic carbocycles. The molecular formula is C15H17N5O3. The summed E-state index contributed by atoms with van der Waals surface area (Å²) in [5.74, 6) is -0.0807. The summed E-state index contributed by atoms with van der Waals surface area (Å²) in [5.41, 5.74) is 0.962. The maximum absolute atomic E-state index is 12.6. The van der Waals surface area contributed by atoms with Crippen LogP contribution < -0.4 is 5.32 Å². The highest BCUT2D eigenvalue weighted by atomic mass is 16.6. The number of carbonyl (C=O) groups excluding carboxylic acids is 2. The molecule has 1 aliphatic rings. The van der Waals surface area contributed by atoms with Crippen molar-refractivity contribution < 1.29 is 14.3 Å². The van der Waals surface area contributed by atoms with Gasteiger partial charge in [-0.15, -0.1) is 0 Å². The van der Waals surface area contributed by atoms with Crippen molar-refractivity contribution in [1.82, 2.24) is 20.1 Å². The van der Waals surface area contributed by atoms with Gasteiger partial charge in [0.05, 0.1) is 6.61 Å². The van der Waals surface area contributed by atoms with Gasteiger partial charge in [0.1, 0.15) is 12.4 Å². The van der Waals surface area contributed by atoms with E-state index in [1.54, 1.807) is 0 Å². The molecule has 2 amide bonds. The van der Waals surface area contributed by atoms with Gasteiger partial charge in [-0.05, 0) is 12.0 Å². The molecule has 23 heavy (non-hydrogen) atoms. The van der Waals surface area contributed by atoms with Gasteiger partial charge in [0.25, 0.3) is 0 Å². The normalized spacial score (nSPS) is 15.8. The third-order valence-corrected chi connectivity index (χ3v) is 3.61. The van der Waals surface area contributed by atoms with Gasteiger partial charge in [0.2, 0.25) is 11.9 Å². The average molecular weight is 315 g/mol. The molecule has 3 rings (SSSR count). The number of benzene rings is 1. The predicted octanol–water partition coefficient (Wildman–Crippen LogP) is 1.20. The zero-order valence-electron chi connectivity index (χ0n) is 12.4. The lowest BCUT2D eigenvalue weighted by atomic mass is 10.0. The molecule has 0 aliphatic carbocycles. The van der Waals surface area contributed by atoms with Crippen LogP contribution in [0.4, 0.5) is 10.7 Å². The Hall–Kier alpha value is -2.90. The molecule has 0 saturated carbocycles. The Morgan fingerprint density at radius 1 is 1.39 bits per heavy atom. The van der Waals surface area contributed by atoms with E-state index >= 15 is 0 Å². The van der Waals surface area contributed by atoms with Crippen molar-refractivity contribution >= 4 is 17.9 Å². The predicted molar refractivity (Wildman–Crippen MR) is 81.6 cm³/mol. The Morgan fingerprint density at radius 3 is 2.91 bits per heavy atom. The van der Waals surface area contributed by atoms with Crippen molar-refractivity contribution in [3.63, 3.8) is 0 Å². The summed E-state index contributed by atoms with van der Waals surface area (Å²) >= 11 is 0. The molecule has 1 atom stereocenters. The van der Waals surface area contributed by atoms with E-state index in [0.29, 0.717) is 26.0 Å². The Balaban J connectivity index is 1.80. The fraction of sp³-hybridized carbons (Fsp3) is 0.333. The van der Waals surface area contributed by atoms with Gasteiger partial charge in [-0.3, -0.25) is 15.0 Å². The maximum atomic E-state index is 12.6. The molecule has 2 aromatic rings. The minimum Gasteiger partial charge on any atom is -0.449 e. The first-order valence-corrected chi connectivity index (χ1v) is 7.37. The standard InChI is InChI=1S/C15H17N5O3/c21-13(18-14-16-10-17-19-14)12(9-11-5-2-1-3-6-11)20-7-4-8-23-15(20)22/h1-3,5-6,10,12H,4,7-9H2,(H2,16,17,18,19,21). The monoisotopic (exact) mass is 315 g/mol. The molecular weight excluding hydrogens is 298 g/mol. The minimum atomic E-state index is -0.671. The van der Waals surface area contributed by atoms with E-state index in [4.69, 9.17) is 4.74 Å². The molecule has 120 valence electrons. The van der Waals surface area contributed by atoms with Crippen LogP contribution in [-0.4, -0.2) is 51.3 Å². The van der Waals surface area contributed by atoms with Gasteiger partial charge in [-0.2, -0.15) is 10.1 Å². The number of ether oxygens (including phenoxy) is 1. The van der Waals surface area contributed by atoms with E-state index in [2.05, 4.69) is 20.5 Å². The summed E-state index contributed by atoms with van der Waals surface area (Å²) in [6, 6.07) is 8.87. The number of aromatic amines is 1. The second-order valence-corrected chi connectivity index (χ2v) is 5.19. The number of carbonyl (C=O) groups is 2. The number of nitrogens with one attached hydrogen (secondary N) is 2. The van der Waals surface area contributed by atoms with Crippen LogP contribution in [0.2, 0.25) is 0 Å². The number of rotatable bonds is 5. The zero-order chi connectivity index (χ0) is 16.1. The second-order valence-electron chi connectivity index (χ2n) is 5.19. The summed E-state index contributed by atoms with van der Waals surface area (Å²) < 4.78 is 5.07. The third kappa shape index (κ3) is 3.65. The van der Waals surface area contributed by atoms with Crippen LogP contribution in [0.1, 0.15) is 12.0 Å². The van der Waals surface area contributed by atoms with Gasteiger partial charge >= 0.3 is 6.09 Å². The van der Waals surface area contributed by atoms with Crippen LogP contribution in [-0.2, 0) is 16.0 Å². The number of nitrogens with zero attached hydrogens (tertiary/aromatic N) is 3. The smallest absolute Gasteiger partial charge is 0.410 e. The van der Waals surface area contributed by atoms with Crippen LogP contribution in [0.5, 0.6) is 0 Å². The number of amides is 2. The van der Waals surface area contributed by atoms with Gasteiger partial charge in [0, 0.05) is 13.0 Å². The number of aromatic nitrogens is 3. The molecule has 2 N–H and O–H groups in total. The van der Waals surface area contributed by atoms with Crippen LogP contribution in [0.25, 0.3) is 0 Å². The first-order chi connectivity index (χ1) is 11.2. The maximum Gasteiger partial charge on any atom is 0.410 e. The van der Waals surface area contributed by atoms with Crippen molar-refractivity contribution in [3.05, 3.63) is 42.2 Å². The fourth-order valence-electron chi connectivity index (χ4n) is 2.50. The van der Waals surface area contributed by atoms with E-state index in [1.165, 1.54) is 11.2 Å². The van der Waals surface area contributed by atoms with Crippen LogP contribution >= 0.6 is 0 Å². The topological polar surface area (TPSA) is 100 Å². The summed E-state index contributed by atoms with van der Waals surface area (Å²) in [5, 5.41) is 8.91. The Bertz CT molecular complexity index is 659. The molecule has 0 spiro atoms. The van der Waals surface area contributed by atoms with Crippen molar-refractivity contribution in [3.8, 4) is 0 Å². The lowest BCUT2D eigenvalue weighted by molar-refractivity contribution is -0.121. The highest BCUT2D eigenvalue weighted by Gasteiger charge is 2.33. The van der Waals surface area contributed by atoms with Crippen molar-refractivity contribution in [2.75, 3.05) is 18.5 Å². The largest absolute Gasteiger partial charge is 0.449 e. The van der Waals surface area contributed by atoms with Crippen molar-refractivity contribution in [1.29, 1.82) is 0 Å². The first-order valence-electron chi connectivity index (χ1n) is 7.37. The summed E-state index contributed by atoms with van der Waals surface area (Å²) in [6.45, 7) is 0.872. The summed E-state index contributed by atoms with van der Waals surface area (Å²) in [7, 11) is 0. The van der Waals surface area contributed by atoms with Gasteiger partial charge in [-0.25, -0.2) is 9.89 Å². The molecule has 1 saturated heterocycles. The third-order valence-electron chi connectivity index (χ3n) is 3.61. The second kappa shape index (κ2) is 6.91.